The Morgan fingerprint density at radius 3 is 2.60 bits per heavy atom. The Bertz CT molecular complexity index is 108. The van der Waals surface area contributed by atoms with Crippen molar-refractivity contribution in [3.05, 3.63) is 0 Å². The zero-order chi connectivity index (χ0) is 7.72. The second-order valence-corrected chi connectivity index (χ2v) is 2.68. The van der Waals surface area contributed by atoms with Gasteiger partial charge in [0.2, 0.25) is 0 Å². The van der Waals surface area contributed by atoms with E-state index in [1.54, 1.807) is 6.92 Å². The van der Waals surface area contributed by atoms with Crippen molar-refractivity contribution in [2.45, 2.75) is 37.9 Å². The maximum atomic E-state index is 9.15. The normalized spacial score (nSPS) is 49.2. The minimum atomic E-state index is -0.857. The predicted octanol–water partition coefficient (Wildman–Crippen LogP) is -1.20. The summed E-state index contributed by atoms with van der Waals surface area (Å²) in [4.78, 5) is 0. The zero-order valence-electron chi connectivity index (χ0n) is 5.90. The van der Waals surface area contributed by atoms with Crippen LogP contribution in [0.3, 0.4) is 0 Å². The van der Waals surface area contributed by atoms with Gasteiger partial charge in [0.05, 0.1) is 18.2 Å². The summed E-state index contributed by atoms with van der Waals surface area (Å²) in [7, 11) is 0. The standard InChI is InChI=1S/C6H13NO3/c1-3-6(7)4(8)2-5(9)10-3/h3-6,8-9H,2,7H2,1H3/t3-,4+,5+,6+/m0/s1. The van der Waals surface area contributed by atoms with Crippen LogP contribution in [-0.4, -0.2) is 34.8 Å². The number of nitrogens with two attached hydrogens (primary N) is 1. The molecule has 1 saturated heterocycles. The molecule has 1 rings (SSSR count). The molecule has 0 aromatic carbocycles. The van der Waals surface area contributed by atoms with E-state index in [1.807, 2.05) is 0 Å². The molecule has 1 fully saturated rings. The molecule has 0 amide bonds. The van der Waals surface area contributed by atoms with Crippen molar-refractivity contribution in [3.63, 3.8) is 0 Å². The molecule has 1 heterocycles. The molecule has 0 bridgehead atoms. The van der Waals surface area contributed by atoms with E-state index >= 15 is 0 Å². The Morgan fingerprint density at radius 2 is 2.10 bits per heavy atom. The molecule has 0 aromatic heterocycles. The van der Waals surface area contributed by atoms with E-state index in [1.165, 1.54) is 0 Å². The van der Waals surface area contributed by atoms with Crippen molar-refractivity contribution in [3.8, 4) is 0 Å². The largest absolute Gasteiger partial charge is 0.391 e. The van der Waals surface area contributed by atoms with Gasteiger partial charge < -0.3 is 20.7 Å². The lowest BCUT2D eigenvalue weighted by molar-refractivity contribution is -0.191. The first-order chi connectivity index (χ1) is 4.61. The first-order valence-electron chi connectivity index (χ1n) is 3.38. The van der Waals surface area contributed by atoms with Crippen LogP contribution < -0.4 is 5.73 Å². The van der Waals surface area contributed by atoms with E-state index in [9.17, 15) is 0 Å². The van der Waals surface area contributed by atoms with Gasteiger partial charge in [0.25, 0.3) is 0 Å². The first kappa shape index (κ1) is 7.94. The van der Waals surface area contributed by atoms with Crippen molar-refractivity contribution < 1.29 is 14.9 Å². The summed E-state index contributed by atoms with van der Waals surface area (Å²) in [5.41, 5.74) is 5.50. The van der Waals surface area contributed by atoms with Gasteiger partial charge in [0.15, 0.2) is 6.29 Å². The van der Waals surface area contributed by atoms with Crippen LogP contribution in [0.2, 0.25) is 0 Å². The third kappa shape index (κ3) is 1.46. The number of ether oxygens (including phenoxy) is 1. The van der Waals surface area contributed by atoms with Crippen molar-refractivity contribution in [1.82, 2.24) is 0 Å². The lowest BCUT2D eigenvalue weighted by Crippen LogP contribution is -2.51. The SMILES string of the molecule is C[C@@H]1O[C@@H](O)C[C@@H](O)[C@@H]1N. The lowest BCUT2D eigenvalue weighted by Gasteiger charge is -2.33. The van der Waals surface area contributed by atoms with E-state index in [4.69, 9.17) is 20.7 Å². The molecule has 0 radical (unpaired) electrons. The van der Waals surface area contributed by atoms with Crippen LogP contribution in [0.4, 0.5) is 0 Å². The molecular formula is C6H13NO3. The van der Waals surface area contributed by atoms with Crippen LogP contribution in [0.5, 0.6) is 0 Å². The minimum absolute atomic E-state index is 0.214. The Morgan fingerprint density at radius 1 is 1.50 bits per heavy atom. The monoisotopic (exact) mass is 147 g/mol. The molecule has 4 heteroatoms. The Labute approximate surface area is 59.6 Å². The Balaban J connectivity index is 2.49. The minimum Gasteiger partial charge on any atom is -0.391 e. The average Bonchev–Trinajstić information content (AvgIpc) is 1.82. The van der Waals surface area contributed by atoms with E-state index in [0.717, 1.165) is 0 Å². The van der Waals surface area contributed by atoms with E-state index in [-0.39, 0.29) is 18.6 Å². The highest BCUT2D eigenvalue weighted by Crippen LogP contribution is 2.16. The highest BCUT2D eigenvalue weighted by Gasteiger charge is 2.31. The van der Waals surface area contributed by atoms with Crippen LogP contribution in [0, 0.1) is 0 Å². The summed E-state index contributed by atoms with van der Waals surface area (Å²) < 4.78 is 4.94. The molecule has 0 spiro atoms. The molecule has 4 nitrogen and oxygen atoms in total. The molecule has 4 atom stereocenters. The highest BCUT2D eigenvalue weighted by atomic mass is 16.6. The second kappa shape index (κ2) is 2.84. The smallest absolute Gasteiger partial charge is 0.157 e. The molecule has 0 saturated carbocycles. The summed E-state index contributed by atoms with van der Waals surface area (Å²) in [6, 6.07) is -0.372. The van der Waals surface area contributed by atoms with Crippen LogP contribution in [0.15, 0.2) is 0 Å². The molecule has 4 N–H and O–H groups in total. The third-order valence-corrected chi connectivity index (χ3v) is 1.80. The van der Waals surface area contributed by atoms with Crippen LogP contribution in [0.25, 0.3) is 0 Å². The first-order valence-corrected chi connectivity index (χ1v) is 3.38. The van der Waals surface area contributed by atoms with Gasteiger partial charge in [-0.05, 0) is 6.92 Å². The number of aliphatic hydroxyl groups excluding tert-OH is 2. The molecule has 60 valence electrons. The van der Waals surface area contributed by atoms with E-state index in [0.29, 0.717) is 0 Å². The number of hydrogen-bond acceptors (Lipinski definition) is 4. The number of rotatable bonds is 0. The van der Waals surface area contributed by atoms with E-state index < -0.39 is 12.4 Å². The van der Waals surface area contributed by atoms with Crippen molar-refractivity contribution in [2.75, 3.05) is 0 Å². The fourth-order valence-electron chi connectivity index (χ4n) is 1.07. The predicted molar refractivity (Wildman–Crippen MR) is 35.2 cm³/mol. The summed E-state index contributed by atoms with van der Waals surface area (Å²) in [5, 5.41) is 18.1. The number of hydrogen-bond donors (Lipinski definition) is 3. The molecule has 1 aliphatic rings. The van der Waals surface area contributed by atoms with Crippen LogP contribution in [-0.2, 0) is 4.74 Å². The molecule has 10 heavy (non-hydrogen) atoms. The van der Waals surface area contributed by atoms with Crippen LogP contribution in [0.1, 0.15) is 13.3 Å². The molecule has 1 aliphatic heterocycles. The molecular weight excluding hydrogens is 134 g/mol. The van der Waals surface area contributed by atoms with Gasteiger partial charge >= 0.3 is 0 Å². The molecule has 0 aromatic rings. The fraction of sp³-hybridized carbons (Fsp3) is 1.00. The van der Waals surface area contributed by atoms with Gasteiger partial charge in [0, 0.05) is 6.42 Å². The number of aliphatic hydroxyl groups is 2. The molecule has 0 aliphatic carbocycles. The van der Waals surface area contributed by atoms with Crippen molar-refractivity contribution >= 4 is 0 Å². The summed E-state index contributed by atoms with van der Waals surface area (Å²) in [5.74, 6) is 0. The summed E-state index contributed by atoms with van der Waals surface area (Å²) in [6.07, 6.45) is -1.55. The lowest BCUT2D eigenvalue weighted by atomic mass is 10.0. The summed E-state index contributed by atoms with van der Waals surface area (Å²) in [6.45, 7) is 1.73. The van der Waals surface area contributed by atoms with Crippen molar-refractivity contribution in [1.29, 1.82) is 0 Å². The van der Waals surface area contributed by atoms with Crippen molar-refractivity contribution in [2.24, 2.45) is 5.73 Å². The maximum Gasteiger partial charge on any atom is 0.157 e. The van der Waals surface area contributed by atoms with Gasteiger partial charge in [-0.2, -0.15) is 0 Å². The summed E-state index contributed by atoms with van der Waals surface area (Å²) >= 11 is 0. The Hall–Kier alpha value is -0.160. The zero-order valence-corrected chi connectivity index (χ0v) is 5.90. The molecule has 0 unspecified atom stereocenters. The van der Waals surface area contributed by atoms with Gasteiger partial charge in [-0.1, -0.05) is 0 Å². The topological polar surface area (TPSA) is 75.7 Å². The van der Waals surface area contributed by atoms with Crippen LogP contribution >= 0.6 is 0 Å². The van der Waals surface area contributed by atoms with Gasteiger partial charge in [-0.25, -0.2) is 0 Å². The third-order valence-electron chi connectivity index (χ3n) is 1.80. The maximum absolute atomic E-state index is 9.15. The van der Waals surface area contributed by atoms with Gasteiger partial charge in [-0.15, -0.1) is 0 Å². The van der Waals surface area contributed by atoms with Gasteiger partial charge in [0.1, 0.15) is 0 Å². The fourth-order valence-corrected chi connectivity index (χ4v) is 1.07. The van der Waals surface area contributed by atoms with Gasteiger partial charge in [-0.3, -0.25) is 0 Å². The highest BCUT2D eigenvalue weighted by molar-refractivity contribution is 4.82. The average molecular weight is 147 g/mol. The quantitative estimate of drug-likeness (QED) is 0.402. The second-order valence-electron chi connectivity index (χ2n) is 2.68. The Kier molecular flexibility index (Phi) is 2.25. The van der Waals surface area contributed by atoms with E-state index in [2.05, 4.69) is 0 Å².